The van der Waals surface area contributed by atoms with Crippen LogP contribution in [0.4, 0.5) is 4.39 Å². The molecule has 8 heteroatoms. The predicted molar refractivity (Wildman–Crippen MR) is 159 cm³/mol. The molecular weight excluding hydrogens is 517 g/mol. The second-order valence-electron chi connectivity index (χ2n) is 11.2. The summed E-state index contributed by atoms with van der Waals surface area (Å²) in [6, 6.07) is 15.3. The summed E-state index contributed by atoms with van der Waals surface area (Å²) in [4.78, 5) is 29.3. The minimum absolute atomic E-state index is 0.0727. The highest BCUT2D eigenvalue weighted by Crippen LogP contribution is 2.32. The Morgan fingerprint density at radius 1 is 0.927 bits per heavy atom. The van der Waals surface area contributed by atoms with Crippen molar-refractivity contribution in [3.05, 3.63) is 82.8 Å². The van der Waals surface area contributed by atoms with Crippen LogP contribution in [-0.4, -0.2) is 90.1 Å². The molecule has 7 nitrogen and oxygen atoms in total. The average Bonchev–Trinajstić information content (AvgIpc) is 2.99. The molecule has 2 aliphatic heterocycles. The summed E-state index contributed by atoms with van der Waals surface area (Å²) in [5, 5.41) is 0. The van der Waals surface area contributed by atoms with Crippen molar-refractivity contribution in [2.24, 2.45) is 0 Å². The molecule has 3 heterocycles. The summed E-state index contributed by atoms with van der Waals surface area (Å²) >= 11 is 0. The molecule has 0 saturated carbocycles. The molecular formula is C33H36FN5O2. The molecule has 1 amide bonds. The van der Waals surface area contributed by atoms with Gasteiger partial charge < -0.3 is 14.5 Å². The number of halogens is 1. The summed E-state index contributed by atoms with van der Waals surface area (Å²) in [5.74, 6) is -0.132. The number of amides is 1. The molecule has 0 N–H and O–H groups in total. The normalized spacial score (nSPS) is 16.8. The van der Waals surface area contributed by atoms with Crippen molar-refractivity contribution in [2.75, 3.05) is 59.5 Å². The number of hydrogen-bond donors (Lipinski definition) is 0. The minimum atomic E-state index is -0.205. The predicted octanol–water partition coefficient (Wildman–Crippen LogP) is 4.94. The van der Waals surface area contributed by atoms with Crippen LogP contribution in [0.25, 0.3) is 33.4 Å². The van der Waals surface area contributed by atoms with E-state index in [-0.39, 0.29) is 11.7 Å². The maximum absolute atomic E-state index is 15.5. The van der Waals surface area contributed by atoms with E-state index >= 15 is 4.39 Å². The Bertz CT molecular complexity index is 1570. The Hall–Kier alpha value is -3.72. The quantitative estimate of drug-likeness (QED) is 0.349. The van der Waals surface area contributed by atoms with Crippen molar-refractivity contribution in [1.29, 1.82) is 0 Å². The highest BCUT2D eigenvalue weighted by molar-refractivity contribution is 5.97. The molecule has 0 radical (unpaired) electrons. The fraction of sp³-hybridized carbons (Fsp3) is 0.364. The molecule has 6 rings (SSSR count). The number of aryl methyl sites for hydroxylation is 2. The van der Waals surface area contributed by atoms with Crippen LogP contribution < -0.4 is 0 Å². The van der Waals surface area contributed by atoms with Crippen molar-refractivity contribution < 1.29 is 13.9 Å². The topological polar surface area (TPSA) is 61.8 Å². The van der Waals surface area contributed by atoms with Gasteiger partial charge in [0.05, 0.1) is 36.1 Å². The molecule has 3 aromatic carbocycles. The van der Waals surface area contributed by atoms with Crippen molar-refractivity contribution in [3.8, 4) is 22.4 Å². The van der Waals surface area contributed by atoms with Crippen molar-refractivity contribution >= 4 is 16.9 Å². The second-order valence-corrected chi connectivity index (χ2v) is 11.2. The zero-order valence-electron chi connectivity index (χ0n) is 24.0. The number of rotatable bonds is 5. The smallest absolute Gasteiger partial charge is 0.254 e. The lowest BCUT2D eigenvalue weighted by Crippen LogP contribution is -2.47. The number of carbonyl (C=O) groups is 1. The van der Waals surface area contributed by atoms with E-state index in [1.54, 1.807) is 12.3 Å². The number of nitrogens with zero attached hydrogens (tertiary/aromatic N) is 5. The third kappa shape index (κ3) is 5.73. The SMILES string of the molecule is Cc1cc(-c2cnc3cccc(-c4cc(C)c(CN5CCOCC5)c(F)c4)c3n2)ccc1C(=O)N1CCN(C)CC1. The van der Waals surface area contributed by atoms with Gasteiger partial charge in [0.25, 0.3) is 5.91 Å². The van der Waals surface area contributed by atoms with Crippen molar-refractivity contribution in [2.45, 2.75) is 20.4 Å². The van der Waals surface area contributed by atoms with Gasteiger partial charge in [0, 0.05) is 68.1 Å². The van der Waals surface area contributed by atoms with Gasteiger partial charge in [-0.1, -0.05) is 24.3 Å². The van der Waals surface area contributed by atoms with E-state index in [1.165, 1.54) is 0 Å². The summed E-state index contributed by atoms with van der Waals surface area (Å²) in [6.45, 7) is 10.8. The fourth-order valence-corrected chi connectivity index (χ4v) is 5.76. The number of fused-ring (bicyclic) bond motifs is 1. The molecule has 41 heavy (non-hydrogen) atoms. The van der Waals surface area contributed by atoms with E-state index in [4.69, 9.17) is 14.7 Å². The summed E-state index contributed by atoms with van der Waals surface area (Å²) < 4.78 is 20.9. The lowest BCUT2D eigenvalue weighted by molar-refractivity contribution is 0.0336. The van der Waals surface area contributed by atoms with E-state index < -0.39 is 0 Å². The number of benzene rings is 3. The third-order valence-corrected chi connectivity index (χ3v) is 8.33. The van der Waals surface area contributed by atoms with Crippen LogP contribution in [0.1, 0.15) is 27.0 Å². The van der Waals surface area contributed by atoms with Crippen LogP contribution in [0.2, 0.25) is 0 Å². The zero-order chi connectivity index (χ0) is 28.5. The largest absolute Gasteiger partial charge is 0.379 e. The number of likely N-dealkylation sites (N-methyl/N-ethyl adjacent to an activating group) is 1. The number of ether oxygens (including phenoxy) is 1. The molecule has 0 spiro atoms. The molecule has 212 valence electrons. The highest BCUT2D eigenvalue weighted by Gasteiger charge is 2.22. The molecule has 4 aromatic rings. The van der Waals surface area contributed by atoms with E-state index in [0.29, 0.717) is 25.5 Å². The van der Waals surface area contributed by atoms with Crippen LogP contribution >= 0.6 is 0 Å². The lowest BCUT2D eigenvalue weighted by Gasteiger charge is -2.32. The van der Waals surface area contributed by atoms with E-state index in [9.17, 15) is 4.79 Å². The number of carbonyl (C=O) groups excluding carboxylic acids is 1. The Morgan fingerprint density at radius 3 is 2.41 bits per heavy atom. The molecule has 1 aromatic heterocycles. The monoisotopic (exact) mass is 553 g/mol. The molecule has 0 unspecified atom stereocenters. The van der Waals surface area contributed by atoms with E-state index in [1.807, 2.05) is 61.2 Å². The zero-order valence-corrected chi connectivity index (χ0v) is 24.0. The van der Waals surface area contributed by atoms with Gasteiger partial charge in [-0.25, -0.2) is 9.37 Å². The van der Waals surface area contributed by atoms with Gasteiger partial charge in [0.2, 0.25) is 0 Å². The van der Waals surface area contributed by atoms with Gasteiger partial charge in [0.15, 0.2) is 0 Å². The van der Waals surface area contributed by atoms with Crippen molar-refractivity contribution in [3.63, 3.8) is 0 Å². The summed E-state index contributed by atoms with van der Waals surface area (Å²) in [7, 11) is 2.08. The number of aromatic nitrogens is 2. The highest BCUT2D eigenvalue weighted by atomic mass is 19.1. The van der Waals surface area contributed by atoms with E-state index in [0.717, 1.165) is 89.2 Å². The first-order valence-electron chi connectivity index (χ1n) is 14.3. The fourth-order valence-electron chi connectivity index (χ4n) is 5.76. The van der Waals surface area contributed by atoms with Crippen LogP contribution in [0, 0.1) is 19.7 Å². The van der Waals surface area contributed by atoms with Gasteiger partial charge in [-0.3, -0.25) is 14.7 Å². The van der Waals surface area contributed by atoms with Gasteiger partial charge in [-0.15, -0.1) is 0 Å². The van der Waals surface area contributed by atoms with Crippen LogP contribution in [-0.2, 0) is 11.3 Å². The number of morpholine rings is 1. The molecule has 2 saturated heterocycles. The Balaban J connectivity index is 1.30. The Labute approximate surface area is 240 Å². The van der Waals surface area contributed by atoms with Gasteiger partial charge >= 0.3 is 0 Å². The summed E-state index contributed by atoms with van der Waals surface area (Å²) in [6.07, 6.45) is 1.76. The lowest BCUT2D eigenvalue weighted by atomic mass is 9.97. The first-order valence-corrected chi connectivity index (χ1v) is 14.3. The third-order valence-electron chi connectivity index (χ3n) is 8.33. The Kier molecular flexibility index (Phi) is 7.79. The van der Waals surface area contributed by atoms with E-state index in [2.05, 4.69) is 16.8 Å². The minimum Gasteiger partial charge on any atom is -0.379 e. The molecule has 0 bridgehead atoms. The first-order chi connectivity index (χ1) is 19.9. The number of piperazine rings is 1. The van der Waals surface area contributed by atoms with Crippen LogP contribution in [0.3, 0.4) is 0 Å². The summed E-state index contributed by atoms with van der Waals surface area (Å²) in [5.41, 5.74) is 7.99. The van der Waals surface area contributed by atoms with Gasteiger partial charge in [0.1, 0.15) is 5.82 Å². The maximum atomic E-state index is 15.5. The van der Waals surface area contributed by atoms with Gasteiger partial charge in [-0.05, 0) is 61.9 Å². The maximum Gasteiger partial charge on any atom is 0.254 e. The van der Waals surface area contributed by atoms with Gasteiger partial charge in [-0.2, -0.15) is 0 Å². The average molecular weight is 554 g/mol. The Morgan fingerprint density at radius 2 is 1.68 bits per heavy atom. The second kappa shape index (κ2) is 11.6. The molecule has 0 atom stereocenters. The first kappa shape index (κ1) is 27.4. The molecule has 2 fully saturated rings. The van der Waals surface area contributed by atoms with Crippen LogP contribution in [0.5, 0.6) is 0 Å². The standard InChI is InChI=1S/C33H36FN5O2/c1-22-17-24(7-8-26(22)33(40)39-11-9-37(3)10-12-39)31-20-35-30-6-4-5-27(32(30)36-31)25-18-23(2)28(29(34)19-25)21-38-13-15-41-16-14-38/h4-8,17-20H,9-16,21H2,1-3H3. The van der Waals surface area contributed by atoms with Crippen molar-refractivity contribution in [1.82, 2.24) is 24.7 Å². The number of hydrogen-bond acceptors (Lipinski definition) is 6. The van der Waals surface area contributed by atoms with Crippen LogP contribution in [0.15, 0.2) is 54.7 Å². The molecule has 0 aliphatic carbocycles. The number of para-hydroxylation sites is 1. The molecule has 2 aliphatic rings.